The Kier molecular flexibility index (Phi) is 8.54. The van der Waals surface area contributed by atoms with Crippen molar-refractivity contribution in [3.63, 3.8) is 0 Å². The number of carboxylic acid groups (broad SMARTS) is 1. The van der Waals surface area contributed by atoms with E-state index in [0.717, 1.165) is 28.7 Å². The smallest absolute Gasteiger partial charge is 0.407 e. The van der Waals surface area contributed by atoms with E-state index in [1.807, 2.05) is 52.0 Å². The van der Waals surface area contributed by atoms with Crippen LogP contribution in [-0.2, 0) is 14.3 Å². The predicted molar refractivity (Wildman–Crippen MR) is 135 cm³/mol. The number of carboxylic acids is 1. The largest absolute Gasteiger partial charge is 0.481 e. The van der Waals surface area contributed by atoms with Crippen molar-refractivity contribution >= 4 is 18.0 Å². The molecule has 35 heavy (non-hydrogen) atoms. The summed E-state index contributed by atoms with van der Waals surface area (Å²) >= 11 is 0. The fourth-order valence-electron chi connectivity index (χ4n) is 4.52. The number of carbonyl (C=O) groups excluding carboxylic acids is 2. The summed E-state index contributed by atoms with van der Waals surface area (Å²) < 4.78 is 5.68. The summed E-state index contributed by atoms with van der Waals surface area (Å²) in [7, 11) is 0. The third-order valence-corrected chi connectivity index (χ3v) is 6.50. The number of hydrogen-bond donors (Lipinski definition) is 2. The van der Waals surface area contributed by atoms with Gasteiger partial charge in [0.05, 0.1) is 6.42 Å². The molecule has 7 nitrogen and oxygen atoms in total. The minimum atomic E-state index is -0.942. The Bertz CT molecular complexity index is 1010. The van der Waals surface area contributed by atoms with Crippen LogP contribution in [0.1, 0.15) is 64.0 Å². The molecule has 0 heterocycles. The van der Waals surface area contributed by atoms with Gasteiger partial charge in [-0.3, -0.25) is 9.59 Å². The van der Waals surface area contributed by atoms with Crippen LogP contribution in [-0.4, -0.2) is 53.7 Å². The Morgan fingerprint density at radius 3 is 2.09 bits per heavy atom. The van der Waals surface area contributed by atoms with Gasteiger partial charge in [-0.15, -0.1) is 0 Å². The Balaban J connectivity index is 1.65. The highest BCUT2D eigenvalue weighted by atomic mass is 16.5. The van der Waals surface area contributed by atoms with Gasteiger partial charge < -0.3 is 20.1 Å². The van der Waals surface area contributed by atoms with E-state index in [9.17, 15) is 14.4 Å². The first-order valence-electron chi connectivity index (χ1n) is 12.2. The number of carbonyl (C=O) groups is 3. The highest BCUT2D eigenvalue weighted by Gasteiger charge is 2.32. The lowest BCUT2D eigenvalue weighted by atomic mass is 9.84. The molecule has 0 saturated heterocycles. The average Bonchev–Trinajstić information content (AvgIpc) is 3.13. The lowest BCUT2D eigenvalue weighted by Gasteiger charge is -2.33. The number of fused-ring (bicyclic) bond motifs is 3. The van der Waals surface area contributed by atoms with Crippen LogP contribution in [0.5, 0.6) is 0 Å². The zero-order valence-corrected chi connectivity index (χ0v) is 21.0. The number of nitrogens with one attached hydrogen (secondary N) is 1. The molecule has 0 bridgehead atoms. The molecule has 1 aliphatic carbocycles. The molecule has 2 aromatic carbocycles. The van der Waals surface area contributed by atoms with E-state index in [-0.39, 0.29) is 37.8 Å². The summed E-state index contributed by atoms with van der Waals surface area (Å²) in [5, 5.41) is 11.9. The summed E-state index contributed by atoms with van der Waals surface area (Å²) in [5.74, 6) is -1.16. The van der Waals surface area contributed by atoms with E-state index >= 15 is 0 Å². The maximum atomic E-state index is 13.0. The van der Waals surface area contributed by atoms with E-state index in [1.54, 1.807) is 4.90 Å². The zero-order chi connectivity index (χ0) is 25.6. The Labute approximate surface area is 207 Å². The van der Waals surface area contributed by atoms with Gasteiger partial charge in [-0.2, -0.15) is 0 Å². The monoisotopic (exact) mass is 480 g/mol. The molecular formula is C28H36N2O5. The Morgan fingerprint density at radius 2 is 1.57 bits per heavy atom. The lowest BCUT2D eigenvalue weighted by Crippen LogP contribution is -2.48. The van der Waals surface area contributed by atoms with E-state index in [4.69, 9.17) is 9.84 Å². The van der Waals surface area contributed by atoms with Crippen LogP contribution < -0.4 is 5.32 Å². The molecule has 188 valence electrons. The first-order valence-corrected chi connectivity index (χ1v) is 12.2. The second-order valence-corrected chi connectivity index (χ2v) is 10.1. The molecule has 0 saturated carbocycles. The van der Waals surface area contributed by atoms with Crippen LogP contribution in [0.25, 0.3) is 11.1 Å². The van der Waals surface area contributed by atoms with Crippen molar-refractivity contribution in [1.82, 2.24) is 10.2 Å². The summed E-state index contributed by atoms with van der Waals surface area (Å²) in [6, 6.07) is 15.8. The molecule has 0 spiro atoms. The molecule has 3 rings (SSSR count). The van der Waals surface area contributed by atoms with Gasteiger partial charge in [0.2, 0.25) is 5.91 Å². The van der Waals surface area contributed by atoms with Crippen molar-refractivity contribution < 1.29 is 24.2 Å². The van der Waals surface area contributed by atoms with Crippen LogP contribution >= 0.6 is 0 Å². The van der Waals surface area contributed by atoms with Gasteiger partial charge in [-0.1, -0.05) is 76.2 Å². The fraction of sp³-hybridized carbons (Fsp3) is 0.464. The van der Waals surface area contributed by atoms with Gasteiger partial charge in [-0.05, 0) is 34.1 Å². The standard InChI is InChI=1S/C28H36N2O5/c1-5-15-30(16-14-26(32)33)25(31)17-24(28(2,3)4)29-27(34)35-18-23-21-12-8-6-10-19(21)20-11-7-9-13-22(20)23/h6-13,23-24H,5,14-18H2,1-4H3,(H,29,34)(H,32,33). The normalized spacial score (nSPS) is 13.5. The van der Waals surface area contributed by atoms with Crippen LogP contribution in [0, 0.1) is 5.41 Å². The van der Waals surface area contributed by atoms with Crippen molar-refractivity contribution in [2.75, 3.05) is 19.7 Å². The molecule has 2 amide bonds. The molecular weight excluding hydrogens is 444 g/mol. The minimum absolute atomic E-state index is 0.0427. The molecule has 0 aromatic heterocycles. The number of amides is 2. The number of rotatable bonds is 10. The predicted octanol–water partition coefficient (Wildman–Crippen LogP) is 5.04. The molecule has 1 aliphatic rings. The van der Waals surface area contributed by atoms with Crippen molar-refractivity contribution in [2.45, 2.75) is 58.9 Å². The Morgan fingerprint density at radius 1 is 1.00 bits per heavy atom. The van der Waals surface area contributed by atoms with Gasteiger partial charge in [-0.25, -0.2) is 4.79 Å². The maximum Gasteiger partial charge on any atom is 0.407 e. The second-order valence-electron chi connectivity index (χ2n) is 10.1. The number of nitrogens with zero attached hydrogens (tertiary/aromatic N) is 1. The van der Waals surface area contributed by atoms with Crippen molar-refractivity contribution in [2.24, 2.45) is 5.41 Å². The van der Waals surface area contributed by atoms with Gasteiger partial charge in [0.1, 0.15) is 6.61 Å². The van der Waals surface area contributed by atoms with Crippen LogP contribution in [0.4, 0.5) is 4.79 Å². The number of hydrogen-bond acceptors (Lipinski definition) is 4. The number of aliphatic carboxylic acids is 1. The van der Waals surface area contributed by atoms with Gasteiger partial charge in [0, 0.05) is 31.5 Å². The molecule has 0 aliphatic heterocycles. The van der Waals surface area contributed by atoms with Crippen molar-refractivity contribution in [1.29, 1.82) is 0 Å². The summed E-state index contributed by atoms with van der Waals surface area (Å²) in [6.07, 6.45) is 0.136. The summed E-state index contributed by atoms with van der Waals surface area (Å²) in [5.41, 5.74) is 4.20. The lowest BCUT2D eigenvalue weighted by molar-refractivity contribution is -0.138. The van der Waals surface area contributed by atoms with Crippen molar-refractivity contribution in [3.05, 3.63) is 59.7 Å². The van der Waals surface area contributed by atoms with Gasteiger partial charge in [0.25, 0.3) is 0 Å². The molecule has 7 heteroatoms. The number of benzene rings is 2. The fourth-order valence-corrected chi connectivity index (χ4v) is 4.52. The third kappa shape index (κ3) is 6.62. The maximum absolute atomic E-state index is 13.0. The highest BCUT2D eigenvalue weighted by Crippen LogP contribution is 2.44. The van der Waals surface area contributed by atoms with E-state index in [0.29, 0.717) is 6.54 Å². The summed E-state index contributed by atoms with van der Waals surface area (Å²) in [6.45, 7) is 8.64. The van der Waals surface area contributed by atoms with Crippen LogP contribution in [0.2, 0.25) is 0 Å². The topological polar surface area (TPSA) is 95.9 Å². The van der Waals surface area contributed by atoms with Crippen LogP contribution in [0.3, 0.4) is 0 Å². The molecule has 2 aromatic rings. The second kappa shape index (κ2) is 11.4. The Hall–Kier alpha value is -3.35. The first-order chi connectivity index (χ1) is 16.6. The van der Waals surface area contributed by atoms with E-state index < -0.39 is 23.5 Å². The minimum Gasteiger partial charge on any atom is -0.481 e. The quantitative estimate of drug-likeness (QED) is 0.496. The number of alkyl carbamates (subject to hydrolysis) is 1. The van der Waals surface area contributed by atoms with Crippen molar-refractivity contribution in [3.8, 4) is 11.1 Å². The zero-order valence-electron chi connectivity index (χ0n) is 21.0. The summed E-state index contributed by atoms with van der Waals surface area (Å²) in [4.78, 5) is 38.3. The van der Waals surface area contributed by atoms with Gasteiger partial charge >= 0.3 is 12.1 Å². The van der Waals surface area contributed by atoms with E-state index in [2.05, 4.69) is 29.6 Å². The SMILES string of the molecule is CCCN(CCC(=O)O)C(=O)CC(NC(=O)OCC1c2ccccc2-c2ccccc21)C(C)(C)C. The number of ether oxygens (including phenoxy) is 1. The van der Waals surface area contributed by atoms with Gasteiger partial charge in [0.15, 0.2) is 0 Å². The molecule has 1 atom stereocenters. The van der Waals surface area contributed by atoms with E-state index in [1.165, 1.54) is 0 Å². The highest BCUT2D eigenvalue weighted by molar-refractivity contribution is 5.80. The molecule has 0 fully saturated rings. The van der Waals surface area contributed by atoms with Crippen LogP contribution in [0.15, 0.2) is 48.5 Å². The third-order valence-electron chi connectivity index (χ3n) is 6.50. The molecule has 1 unspecified atom stereocenters. The molecule has 0 radical (unpaired) electrons. The average molecular weight is 481 g/mol. The molecule has 2 N–H and O–H groups in total. The first kappa shape index (κ1) is 26.3.